The highest BCUT2D eigenvalue weighted by Gasteiger charge is 2.47. The zero-order valence-corrected chi connectivity index (χ0v) is 13.7. The molecule has 2 aromatic carbocycles. The lowest BCUT2D eigenvalue weighted by Crippen LogP contribution is -2.61. The number of imide groups is 1. The summed E-state index contributed by atoms with van der Waals surface area (Å²) < 4.78 is 0. The third-order valence-electron chi connectivity index (χ3n) is 4.28. The average molecular weight is 336 g/mol. The number of anilines is 1. The van der Waals surface area contributed by atoms with Gasteiger partial charge in [0, 0.05) is 6.54 Å². The maximum atomic E-state index is 13.1. The number of benzene rings is 2. The van der Waals surface area contributed by atoms with Crippen LogP contribution in [0.25, 0.3) is 0 Å². The second-order valence-corrected chi connectivity index (χ2v) is 6.83. The normalized spacial score (nSPS) is 22.8. The molecule has 1 saturated heterocycles. The molecular formula is C19H16N2O2S. The largest absolute Gasteiger partial charge is 0.332 e. The van der Waals surface area contributed by atoms with Crippen LogP contribution in [0.2, 0.25) is 0 Å². The number of hydrogen-bond acceptors (Lipinski definition) is 3. The molecule has 0 bridgehead atoms. The van der Waals surface area contributed by atoms with Crippen molar-refractivity contribution in [3.63, 3.8) is 0 Å². The highest BCUT2D eigenvalue weighted by Crippen LogP contribution is 2.36. The summed E-state index contributed by atoms with van der Waals surface area (Å²) in [6, 6.07) is 18.6. The monoisotopic (exact) mass is 336 g/mol. The number of rotatable bonds is 3. The number of urea groups is 1. The third kappa shape index (κ3) is 2.51. The van der Waals surface area contributed by atoms with E-state index in [4.69, 9.17) is 0 Å². The maximum Gasteiger partial charge on any atom is 0.332 e. The summed E-state index contributed by atoms with van der Waals surface area (Å²) in [5.41, 5.74) is 1.67. The summed E-state index contributed by atoms with van der Waals surface area (Å²) in [7, 11) is 0. The van der Waals surface area contributed by atoms with E-state index in [0.717, 1.165) is 5.56 Å². The summed E-state index contributed by atoms with van der Waals surface area (Å²) in [6.07, 6.45) is 1.95. The van der Waals surface area contributed by atoms with Crippen molar-refractivity contribution < 1.29 is 9.59 Å². The smallest absolute Gasteiger partial charge is 0.312 e. The van der Waals surface area contributed by atoms with Crippen molar-refractivity contribution in [2.75, 3.05) is 4.90 Å². The Morgan fingerprint density at radius 2 is 1.58 bits per heavy atom. The summed E-state index contributed by atoms with van der Waals surface area (Å²) >= 11 is 1.48. The fourth-order valence-corrected chi connectivity index (χ4v) is 4.15. The van der Waals surface area contributed by atoms with E-state index in [2.05, 4.69) is 0 Å². The number of thioether (sulfide) groups is 1. The van der Waals surface area contributed by atoms with Crippen LogP contribution in [-0.2, 0) is 11.3 Å². The Morgan fingerprint density at radius 3 is 2.29 bits per heavy atom. The van der Waals surface area contributed by atoms with Crippen molar-refractivity contribution >= 4 is 29.4 Å². The molecule has 0 radical (unpaired) electrons. The van der Waals surface area contributed by atoms with E-state index in [9.17, 15) is 9.59 Å². The second kappa shape index (κ2) is 6.17. The Bertz CT molecular complexity index is 792. The molecule has 0 aliphatic carbocycles. The molecule has 120 valence electrons. The molecule has 4 rings (SSSR count). The summed E-state index contributed by atoms with van der Waals surface area (Å²) in [5.74, 6) is -0.143. The van der Waals surface area contributed by atoms with Crippen molar-refractivity contribution in [3.05, 3.63) is 77.7 Å². The molecule has 2 aromatic rings. The van der Waals surface area contributed by atoms with Crippen LogP contribution in [0.5, 0.6) is 0 Å². The zero-order valence-electron chi connectivity index (χ0n) is 12.9. The lowest BCUT2D eigenvalue weighted by atomic mass is 10.1. The second-order valence-electron chi connectivity index (χ2n) is 5.78. The first-order chi connectivity index (χ1) is 11.8. The van der Waals surface area contributed by atoms with Crippen LogP contribution >= 0.6 is 11.8 Å². The number of para-hydroxylation sites is 1. The van der Waals surface area contributed by atoms with Crippen LogP contribution in [-0.4, -0.2) is 28.1 Å². The van der Waals surface area contributed by atoms with E-state index in [1.807, 2.05) is 60.0 Å². The molecular weight excluding hydrogens is 320 g/mol. The van der Waals surface area contributed by atoms with E-state index in [1.54, 1.807) is 17.0 Å². The standard InChI is InChI=1S/C19H16N2O2S/c22-18-17-16(11-12-24-17)20(13-14-7-3-1-4-8-14)19(23)21(18)15-9-5-2-6-10-15/h1-12,16-17H,13H2. The molecule has 3 amide bonds. The Balaban J connectivity index is 1.70. The van der Waals surface area contributed by atoms with Crippen LogP contribution in [0.3, 0.4) is 0 Å². The van der Waals surface area contributed by atoms with E-state index < -0.39 is 0 Å². The predicted octanol–water partition coefficient (Wildman–Crippen LogP) is 3.65. The minimum Gasteiger partial charge on any atom is -0.312 e. The van der Waals surface area contributed by atoms with Gasteiger partial charge in [0.25, 0.3) is 5.91 Å². The molecule has 24 heavy (non-hydrogen) atoms. The van der Waals surface area contributed by atoms with Gasteiger partial charge in [0.15, 0.2) is 0 Å². The molecule has 0 N–H and O–H groups in total. The zero-order chi connectivity index (χ0) is 16.5. The van der Waals surface area contributed by atoms with E-state index in [-0.39, 0.29) is 23.2 Å². The SMILES string of the molecule is O=C1C2SC=CC2N(Cc2ccccc2)C(=O)N1c1ccccc1. The van der Waals surface area contributed by atoms with Gasteiger partial charge in [-0.15, -0.1) is 11.8 Å². The highest BCUT2D eigenvalue weighted by atomic mass is 32.2. The van der Waals surface area contributed by atoms with Crippen LogP contribution in [0.15, 0.2) is 72.1 Å². The number of amides is 3. The Hall–Kier alpha value is -2.53. The van der Waals surface area contributed by atoms with Gasteiger partial charge in [-0.25, -0.2) is 9.69 Å². The molecule has 2 aliphatic heterocycles. The fraction of sp³-hybridized carbons (Fsp3) is 0.158. The van der Waals surface area contributed by atoms with Gasteiger partial charge in [-0.1, -0.05) is 54.6 Å². The van der Waals surface area contributed by atoms with Gasteiger partial charge in [0.1, 0.15) is 5.25 Å². The van der Waals surface area contributed by atoms with Crippen LogP contribution in [0, 0.1) is 0 Å². The minimum absolute atomic E-state index is 0.143. The Morgan fingerprint density at radius 1 is 0.917 bits per heavy atom. The molecule has 2 atom stereocenters. The van der Waals surface area contributed by atoms with Gasteiger partial charge in [0.2, 0.25) is 0 Å². The van der Waals surface area contributed by atoms with Crippen molar-refractivity contribution in [2.24, 2.45) is 0 Å². The van der Waals surface area contributed by atoms with E-state index in [1.165, 1.54) is 16.7 Å². The highest BCUT2D eigenvalue weighted by molar-refractivity contribution is 8.03. The number of nitrogens with zero attached hydrogens (tertiary/aromatic N) is 2. The minimum atomic E-state index is -0.272. The molecule has 2 heterocycles. The summed E-state index contributed by atoms with van der Waals surface area (Å²) in [6.45, 7) is 0.488. The first-order valence-corrected chi connectivity index (χ1v) is 8.75. The Labute approximate surface area is 144 Å². The lowest BCUT2D eigenvalue weighted by Gasteiger charge is -2.41. The number of hydrogen-bond donors (Lipinski definition) is 0. The molecule has 5 heteroatoms. The molecule has 2 unspecified atom stereocenters. The summed E-state index contributed by atoms with van der Waals surface area (Å²) in [5, 5.41) is 1.65. The number of carbonyl (C=O) groups is 2. The predicted molar refractivity (Wildman–Crippen MR) is 95.6 cm³/mol. The average Bonchev–Trinajstić information content (AvgIpc) is 3.11. The van der Waals surface area contributed by atoms with Crippen LogP contribution < -0.4 is 4.90 Å². The third-order valence-corrected chi connectivity index (χ3v) is 5.37. The topological polar surface area (TPSA) is 40.6 Å². The van der Waals surface area contributed by atoms with Crippen molar-refractivity contribution in [3.8, 4) is 0 Å². The number of carbonyl (C=O) groups excluding carboxylic acids is 2. The van der Waals surface area contributed by atoms with Crippen molar-refractivity contribution in [1.29, 1.82) is 0 Å². The first kappa shape index (κ1) is 15.0. The van der Waals surface area contributed by atoms with Crippen LogP contribution in [0.1, 0.15) is 5.56 Å². The van der Waals surface area contributed by atoms with Gasteiger partial charge >= 0.3 is 6.03 Å². The van der Waals surface area contributed by atoms with E-state index in [0.29, 0.717) is 12.2 Å². The van der Waals surface area contributed by atoms with Gasteiger partial charge in [-0.3, -0.25) is 4.79 Å². The van der Waals surface area contributed by atoms with Gasteiger partial charge in [-0.2, -0.15) is 0 Å². The van der Waals surface area contributed by atoms with Gasteiger partial charge in [0.05, 0.1) is 11.7 Å². The molecule has 0 aromatic heterocycles. The van der Waals surface area contributed by atoms with E-state index >= 15 is 0 Å². The van der Waals surface area contributed by atoms with Gasteiger partial charge < -0.3 is 4.90 Å². The first-order valence-electron chi connectivity index (χ1n) is 7.81. The van der Waals surface area contributed by atoms with Gasteiger partial charge in [-0.05, 0) is 23.1 Å². The fourth-order valence-electron chi connectivity index (χ4n) is 3.11. The molecule has 1 fully saturated rings. The Kier molecular flexibility index (Phi) is 3.86. The molecule has 4 nitrogen and oxygen atoms in total. The molecule has 0 saturated carbocycles. The molecule has 0 spiro atoms. The molecule has 2 aliphatic rings. The lowest BCUT2D eigenvalue weighted by molar-refractivity contribution is -0.119. The summed E-state index contributed by atoms with van der Waals surface area (Å²) in [4.78, 5) is 29.0. The number of fused-ring (bicyclic) bond motifs is 1. The van der Waals surface area contributed by atoms with Crippen LogP contribution in [0.4, 0.5) is 10.5 Å². The maximum absolute atomic E-state index is 13.1. The quantitative estimate of drug-likeness (QED) is 0.859. The van der Waals surface area contributed by atoms with Crippen molar-refractivity contribution in [2.45, 2.75) is 17.8 Å². The van der Waals surface area contributed by atoms with Crippen molar-refractivity contribution in [1.82, 2.24) is 4.90 Å².